The van der Waals surface area contributed by atoms with E-state index in [0.29, 0.717) is 0 Å². The summed E-state index contributed by atoms with van der Waals surface area (Å²) in [5.41, 5.74) is 0. The van der Waals surface area contributed by atoms with Crippen LogP contribution in [0.2, 0.25) is 0 Å². The van der Waals surface area contributed by atoms with Crippen molar-refractivity contribution in [2.45, 2.75) is 0 Å². The van der Waals surface area contributed by atoms with Crippen molar-refractivity contribution < 1.29 is 4.39 Å². The van der Waals surface area contributed by atoms with Crippen molar-refractivity contribution in [3.05, 3.63) is 30.5 Å². The fraction of sp³-hybridized carbons (Fsp3) is 0. The lowest BCUT2D eigenvalue weighted by atomic mass is 10.2. The van der Waals surface area contributed by atoms with Gasteiger partial charge in [-0.05, 0) is 63.4 Å². The molecule has 0 aliphatic carbocycles. The molecule has 0 unspecified atom stereocenters. The fourth-order valence-electron chi connectivity index (χ4n) is 1.03. The molecule has 62 valence electrons. The molecule has 0 amide bonds. The Balaban J connectivity index is 2.93. The Morgan fingerprint density at radius 2 is 2.00 bits per heavy atom. The van der Waals surface area contributed by atoms with E-state index in [1.807, 2.05) is 12.1 Å². The molecule has 0 spiro atoms. The van der Waals surface area contributed by atoms with Crippen molar-refractivity contribution in [3.8, 4) is 0 Å². The van der Waals surface area contributed by atoms with Crippen molar-refractivity contribution in [3.63, 3.8) is 0 Å². The summed E-state index contributed by atoms with van der Waals surface area (Å²) in [6.07, 6.45) is 0. The minimum atomic E-state index is -0.121. The van der Waals surface area contributed by atoms with Crippen LogP contribution < -0.4 is 0 Å². The third kappa shape index (κ3) is 1.48. The van der Waals surface area contributed by atoms with E-state index in [1.165, 1.54) is 6.07 Å². The van der Waals surface area contributed by atoms with Crippen LogP contribution in [-0.4, -0.2) is 0 Å². The molecule has 0 aliphatic rings. The van der Waals surface area contributed by atoms with E-state index in [-0.39, 0.29) is 5.82 Å². The van der Waals surface area contributed by atoms with Gasteiger partial charge in [-0.15, -0.1) is 11.3 Å². The van der Waals surface area contributed by atoms with E-state index >= 15 is 0 Å². The summed E-state index contributed by atoms with van der Waals surface area (Å²) in [5, 5.41) is 0.747. The van der Waals surface area contributed by atoms with Crippen molar-refractivity contribution in [2.75, 3.05) is 0 Å². The predicted octanol–water partition coefficient (Wildman–Crippen LogP) is 4.25. The summed E-state index contributed by atoms with van der Waals surface area (Å²) >= 11 is 6.08. The van der Waals surface area contributed by atoms with Gasteiger partial charge in [0.1, 0.15) is 5.82 Å². The molecule has 0 fully saturated rings. The van der Waals surface area contributed by atoms with Crippen LogP contribution in [0.15, 0.2) is 18.2 Å². The Bertz CT molecular complexity index is 397. The van der Waals surface area contributed by atoms with Gasteiger partial charge in [-0.2, -0.15) is 0 Å². The predicted molar refractivity (Wildman–Crippen MR) is 67.2 cm³/mol. The van der Waals surface area contributed by atoms with Crippen molar-refractivity contribution >= 4 is 66.6 Å². The van der Waals surface area contributed by atoms with E-state index in [9.17, 15) is 4.39 Å². The Labute approximate surface area is 100 Å². The summed E-state index contributed by atoms with van der Waals surface area (Å²) < 4.78 is 16.5. The van der Waals surface area contributed by atoms with Crippen molar-refractivity contribution in [1.82, 2.24) is 0 Å². The van der Waals surface area contributed by atoms with Gasteiger partial charge in [-0.1, -0.05) is 0 Å². The highest BCUT2D eigenvalue weighted by atomic mass is 127. The summed E-state index contributed by atoms with van der Waals surface area (Å²) in [5.74, 6) is -0.121. The summed E-state index contributed by atoms with van der Waals surface area (Å²) in [6, 6.07) is 5.22. The van der Waals surface area contributed by atoms with E-state index < -0.39 is 0 Å². The number of benzene rings is 1. The average molecular weight is 404 g/mol. The molecule has 0 saturated heterocycles. The number of thiophene rings is 1. The van der Waals surface area contributed by atoms with Crippen LogP contribution in [0.5, 0.6) is 0 Å². The largest absolute Gasteiger partial charge is 0.206 e. The SMILES string of the molecule is Fc1ccc(I)c2sc(I)cc12. The molecule has 0 bridgehead atoms. The lowest BCUT2D eigenvalue weighted by Crippen LogP contribution is -1.76. The molecule has 0 radical (unpaired) electrons. The van der Waals surface area contributed by atoms with Gasteiger partial charge in [0.25, 0.3) is 0 Å². The molecule has 1 heterocycles. The van der Waals surface area contributed by atoms with Crippen LogP contribution in [0.4, 0.5) is 4.39 Å². The lowest BCUT2D eigenvalue weighted by Gasteiger charge is -1.93. The van der Waals surface area contributed by atoms with Crippen LogP contribution >= 0.6 is 56.5 Å². The Hall–Kier alpha value is 0.570. The van der Waals surface area contributed by atoms with E-state index in [0.717, 1.165) is 16.5 Å². The van der Waals surface area contributed by atoms with E-state index in [1.54, 1.807) is 11.3 Å². The first-order chi connectivity index (χ1) is 5.68. The molecule has 2 rings (SSSR count). The number of hydrogen-bond donors (Lipinski definition) is 0. The van der Waals surface area contributed by atoms with Crippen LogP contribution in [0, 0.1) is 12.3 Å². The monoisotopic (exact) mass is 404 g/mol. The number of rotatable bonds is 0. The third-order valence-corrected chi connectivity index (χ3v) is 4.75. The minimum absolute atomic E-state index is 0.121. The molecule has 1 aromatic carbocycles. The molecule has 0 saturated carbocycles. The Morgan fingerprint density at radius 3 is 2.67 bits per heavy atom. The Kier molecular flexibility index (Phi) is 2.57. The Morgan fingerprint density at radius 1 is 1.25 bits per heavy atom. The standard InChI is InChI=1S/C8H3FI2S/c9-5-1-2-6(10)8-4(5)3-7(11)12-8/h1-3H. The maximum atomic E-state index is 13.2. The molecule has 1 aromatic heterocycles. The van der Waals surface area contributed by atoms with Crippen molar-refractivity contribution in [2.24, 2.45) is 0 Å². The van der Waals surface area contributed by atoms with Gasteiger partial charge in [0.2, 0.25) is 0 Å². The second kappa shape index (κ2) is 3.38. The first-order valence-corrected chi connectivity index (χ1v) is 6.19. The number of hydrogen-bond acceptors (Lipinski definition) is 1. The minimum Gasteiger partial charge on any atom is -0.206 e. The number of halogens is 3. The topological polar surface area (TPSA) is 0 Å². The smallest absolute Gasteiger partial charge is 0.131 e. The highest BCUT2D eigenvalue weighted by Gasteiger charge is 2.07. The third-order valence-electron chi connectivity index (χ3n) is 1.55. The second-order valence-electron chi connectivity index (χ2n) is 2.32. The first-order valence-electron chi connectivity index (χ1n) is 3.21. The molecule has 0 aliphatic heterocycles. The van der Waals surface area contributed by atoms with Gasteiger partial charge in [-0.3, -0.25) is 0 Å². The summed E-state index contributed by atoms with van der Waals surface area (Å²) in [6.45, 7) is 0. The summed E-state index contributed by atoms with van der Waals surface area (Å²) in [7, 11) is 0. The fourth-order valence-corrected chi connectivity index (χ4v) is 3.60. The number of fused-ring (bicyclic) bond motifs is 1. The molecule has 0 nitrogen and oxygen atoms in total. The molecular formula is C8H3FI2S. The maximum absolute atomic E-state index is 13.2. The van der Waals surface area contributed by atoms with Crippen molar-refractivity contribution in [1.29, 1.82) is 0 Å². The summed E-state index contributed by atoms with van der Waals surface area (Å²) in [4.78, 5) is 0. The molecule has 12 heavy (non-hydrogen) atoms. The quantitative estimate of drug-likeness (QED) is 0.577. The lowest BCUT2D eigenvalue weighted by molar-refractivity contribution is 0.640. The van der Waals surface area contributed by atoms with Gasteiger partial charge >= 0.3 is 0 Å². The first kappa shape index (κ1) is 9.14. The van der Waals surface area contributed by atoms with Crippen LogP contribution in [0.25, 0.3) is 10.1 Å². The van der Waals surface area contributed by atoms with Gasteiger partial charge in [0, 0.05) is 8.96 Å². The zero-order valence-electron chi connectivity index (χ0n) is 5.77. The van der Waals surface area contributed by atoms with Gasteiger partial charge in [0.05, 0.1) is 7.58 Å². The van der Waals surface area contributed by atoms with Gasteiger partial charge in [-0.25, -0.2) is 4.39 Å². The van der Waals surface area contributed by atoms with Crippen LogP contribution in [0.1, 0.15) is 0 Å². The second-order valence-corrected chi connectivity index (χ2v) is 6.43. The van der Waals surface area contributed by atoms with Gasteiger partial charge in [0.15, 0.2) is 0 Å². The van der Waals surface area contributed by atoms with Crippen LogP contribution in [-0.2, 0) is 0 Å². The molecule has 0 atom stereocenters. The van der Waals surface area contributed by atoms with E-state index in [4.69, 9.17) is 0 Å². The highest BCUT2D eigenvalue weighted by Crippen LogP contribution is 2.32. The zero-order valence-corrected chi connectivity index (χ0v) is 10.9. The molecule has 4 heteroatoms. The highest BCUT2D eigenvalue weighted by molar-refractivity contribution is 14.1. The zero-order chi connectivity index (χ0) is 8.72. The normalized spacial score (nSPS) is 10.9. The van der Waals surface area contributed by atoms with Crippen LogP contribution in [0.3, 0.4) is 0 Å². The maximum Gasteiger partial charge on any atom is 0.131 e. The average Bonchev–Trinajstić information content (AvgIpc) is 2.41. The molecular weight excluding hydrogens is 401 g/mol. The molecule has 0 N–H and O–H groups in total. The van der Waals surface area contributed by atoms with Gasteiger partial charge < -0.3 is 0 Å². The molecule has 2 aromatic rings. The van der Waals surface area contributed by atoms with E-state index in [2.05, 4.69) is 45.2 Å².